The summed E-state index contributed by atoms with van der Waals surface area (Å²) in [5, 5.41) is 0. The summed E-state index contributed by atoms with van der Waals surface area (Å²) in [6, 6.07) is 3.92. The van der Waals surface area contributed by atoms with Crippen LogP contribution in [-0.2, 0) is 6.42 Å². The molecule has 0 radical (unpaired) electrons. The smallest absolute Gasteiger partial charge is 0.203 e. The van der Waals surface area contributed by atoms with Crippen LogP contribution in [0, 0.1) is 0 Å². The molecule has 0 saturated heterocycles. The van der Waals surface area contributed by atoms with Gasteiger partial charge in [-0.15, -0.1) is 0 Å². The Labute approximate surface area is 108 Å². The monoisotopic (exact) mass is 251 g/mol. The second-order valence-electron chi connectivity index (χ2n) is 4.11. The Morgan fingerprint density at radius 1 is 1.28 bits per heavy atom. The predicted molar refractivity (Wildman–Crippen MR) is 72.6 cm³/mol. The summed E-state index contributed by atoms with van der Waals surface area (Å²) in [7, 11) is 3.20. The van der Waals surface area contributed by atoms with Crippen LogP contribution in [0.1, 0.15) is 12.5 Å². The van der Waals surface area contributed by atoms with E-state index in [9.17, 15) is 0 Å². The van der Waals surface area contributed by atoms with E-state index in [-0.39, 0.29) is 6.04 Å². The van der Waals surface area contributed by atoms with Gasteiger partial charge < -0.3 is 19.9 Å². The van der Waals surface area contributed by atoms with Crippen LogP contribution in [0.4, 0.5) is 0 Å². The SMILES string of the molecule is C=CCOc1c(OC)cc(C[C@H](C)N)cc1OC. The molecule has 1 aromatic rings. The Hall–Kier alpha value is -1.68. The molecule has 0 spiro atoms. The molecule has 0 amide bonds. The van der Waals surface area contributed by atoms with Crippen molar-refractivity contribution in [3.63, 3.8) is 0 Å². The van der Waals surface area contributed by atoms with Crippen LogP contribution in [0.3, 0.4) is 0 Å². The number of methoxy groups -OCH3 is 2. The standard InChI is InChI=1S/C14H21NO3/c1-5-6-18-14-12(16-3)8-11(7-10(2)15)9-13(14)17-4/h5,8-10H,1,6-7,15H2,2-4H3/t10-/m0/s1. The molecule has 0 aromatic heterocycles. The predicted octanol–water partition coefficient (Wildman–Crippen LogP) is 2.16. The minimum atomic E-state index is 0.0827. The maximum atomic E-state index is 5.80. The topological polar surface area (TPSA) is 53.7 Å². The quantitative estimate of drug-likeness (QED) is 0.754. The lowest BCUT2D eigenvalue weighted by molar-refractivity contribution is 0.300. The van der Waals surface area contributed by atoms with Crippen LogP contribution < -0.4 is 19.9 Å². The zero-order valence-electron chi connectivity index (χ0n) is 11.2. The van der Waals surface area contributed by atoms with Crippen molar-refractivity contribution in [3.05, 3.63) is 30.4 Å². The van der Waals surface area contributed by atoms with Gasteiger partial charge in [-0.3, -0.25) is 0 Å². The van der Waals surface area contributed by atoms with Gasteiger partial charge in [0.25, 0.3) is 0 Å². The van der Waals surface area contributed by atoms with Gasteiger partial charge in [-0.2, -0.15) is 0 Å². The first-order valence-corrected chi connectivity index (χ1v) is 5.86. The Morgan fingerprint density at radius 3 is 2.22 bits per heavy atom. The Morgan fingerprint density at radius 2 is 1.83 bits per heavy atom. The lowest BCUT2D eigenvalue weighted by Crippen LogP contribution is -2.17. The summed E-state index contributed by atoms with van der Waals surface area (Å²) in [5.41, 5.74) is 6.86. The lowest BCUT2D eigenvalue weighted by Gasteiger charge is -2.16. The van der Waals surface area contributed by atoms with Crippen LogP contribution in [0.2, 0.25) is 0 Å². The Balaban J connectivity index is 3.11. The lowest BCUT2D eigenvalue weighted by atomic mass is 10.1. The molecular weight excluding hydrogens is 230 g/mol. The number of hydrogen-bond acceptors (Lipinski definition) is 4. The second kappa shape index (κ2) is 6.91. The molecule has 0 bridgehead atoms. The van der Waals surface area contributed by atoms with Crippen LogP contribution in [0.15, 0.2) is 24.8 Å². The molecule has 0 saturated carbocycles. The molecule has 1 atom stereocenters. The van der Waals surface area contributed by atoms with Crippen molar-refractivity contribution in [1.29, 1.82) is 0 Å². The van der Waals surface area contributed by atoms with Crippen molar-refractivity contribution >= 4 is 0 Å². The van der Waals surface area contributed by atoms with Gasteiger partial charge in [0, 0.05) is 6.04 Å². The summed E-state index contributed by atoms with van der Waals surface area (Å²) in [5.74, 6) is 1.88. The average Bonchev–Trinajstić information content (AvgIpc) is 2.35. The number of hydrogen-bond donors (Lipinski definition) is 1. The fourth-order valence-electron chi connectivity index (χ4n) is 1.71. The van der Waals surface area contributed by atoms with Gasteiger partial charge in [0.2, 0.25) is 5.75 Å². The highest BCUT2D eigenvalue weighted by Gasteiger charge is 2.14. The van der Waals surface area contributed by atoms with Gasteiger partial charge in [0.1, 0.15) is 6.61 Å². The first-order valence-electron chi connectivity index (χ1n) is 5.86. The van der Waals surface area contributed by atoms with E-state index in [4.69, 9.17) is 19.9 Å². The zero-order chi connectivity index (χ0) is 13.5. The number of rotatable bonds is 7. The van der Waals surface area contributed by atoms with Gasteiger partial charge in [0.05, 0.1) is 14.2 Å². The van der Waals surface area contributed by atoms with Crippen LogP contribution in [0.25, 0.3) is 0 Å². The van der Waals surface area contributed by atoms with Crippen molar-refractivity contribution < 1.29 is 14.2 Å². The van der Waals surface area contributed by atoms with Gasteiger partial charge in [-0.25, -0.2) is 0 Å². The van der Waals surface area contributed by atoms with Gasteiger partial charge >= 0.3 is 0 Å². The highest BCUT2D eigenvalue weighted by atomic mass is 16.5. The van der Waals surface area contributed by atoms with E-state index >= 15 is 0 Å². The third kappa shape index (κ3) is 3.67. The maximum absolute atomic E-state index is 5.80. The number of nitrogens with two attached hydrogens (primary N) is 1. The van der Waals surface area contributed by atoms with E-state index in [0.717, 1.165) is 12.0 Å². The normalized spacial score (nSPS) is 11.8. The molecule has 18 heavy (non-hydrogen) atoms. The van der Waals surface area contributed by atoms with Crippen LogP contribution in [0.5, 0.6) is 17.2 Å². The highest BCUT2D eigenvalue weighted by molar-refractivity contribution is 5.54. The molecule has 100 valence electrons. The molecular formula is C14H21NO3. The van der Waals surface area contributed by atoms with E-state index < -0.39 is 0 Å². The summed E-state index contributed by atoms with van der Waals surface area (Å²) >= 11 is 0. The number of ether oxygens (including phenoxy) is 3. The van der Waals surface area contributed by atoms with E-state index in [0.29, 0.717) is 23.9 Å². The van der Waals surface area contributed by atoms with E-state index in [1.54, 1.807) is 20.3 Å². The summed E-state index contributed by atoms with van der Waals surface area (Å²) in [4.78, 5) is 0. The fraction of sp³-hybridized carbons (Fsp3) is 0.429. The first kappa shape index (κ1) is 14.4. The molecule has 1 rings (SSSR count). The fourth-order valence-corrected chi connectivity index (χ4v) is 1.71. The first-order chi connectivity index (χ1) is 8.62. The van der Waals surface area contributed by atoms with E-state index in [1.165, 1.54) is 0 Å². The second-order valence-corrected chi connectivity index (χ2v) is 4.11. The highest BCUT2D eigenvalue weighted by Crippen LogP contribution is 2.38. The molecule has 2 N–H and O–H groups in total. The summed E-state index contributed by atoms with van der Waals surface area (Å²) in [6.07, 6.45) is 2.43. The van der Waals surface area contributed by atoms with Crippen molar-refractivity contribution in [2.45, 2.75) is 19.4 Å². The molecule has 4 nitrogen and oxygen atoms in total. The summed E-state index contributed by atoms with van der Waals surface area (Å²) < 4.78 is 16.2. The zero-order valence-corrected chi connectivity index (χ0v) is 11.2. The Kier molecular flexibility index (Phi) is 5.52. The molecule has 0 fully saturated rings. The molecule has 0 aliphatic heterocycles. The third-order valence-electron chi connectivity index (χ3n) is 2.42. The summed E-state index contributed by atoms with van der Waals surface area (Å²) in [6.45, 7) is 5.98. The average molecular weight is 251 g/mol. The van der Waals surface area contributed by atoms with Crippen molar-refractivity contribution in [3.8, 4) is 17.2 Å². The third-order valence-corrected chi connectivity index (χ3v) is 2.42. The van der Waals surface area contributed by atoms with Gasteiger partial charge in [0.15, 0.2) is 11.5 Å². The molecule has 0 aliphatic rings. The minimum absolute atomic E-state index is 0.0827. The van der Waals surface area contributed by atoms with Crippen LogP contribution >= 0.6 is 0 Å². The van der Waals surface area contributed by atoms with Crippen molar-refractivity contribution in [1.82, 2.24) is 0 Å². The van der Waals surface area contributed by atoms with Gasteiger partial charge in [-0.1, -0.05) is 12.7 Å². The molecule has 1 aromatic carbocycles. The van der Waals surface area contributed by atoms with Gasteiger partial charge in [-0.05, 0) is 31.0 Å². The van der Waals surface area contributed by atoms with E-state index in [2.05, 4.69) is 6.58 Å². The van der Waals surface area contributed by atoms with E-state index in [1.807, 2.05) is 19.1 Å². The molecule has 4 heteroatoms. The maximum Gasteiger partial charge on any atom is 0.203 e. The number of benzene rings is 1. The van der Waals surface area contributed by atoms with Crippen LogP contribution in [-0.4, -0.2) is 26.9 Å². The molecule has 0 heterocycles. The Bertz CT molecular complexity index is 377. The van der Waals surface area contributed by atoms with Crippen molar-refractivity contribution in [2.75, 3.05) is 20.8 Å². The largest absolute Gasteiger partial charge is 0.493 e. The molecule has 0 aliphatic carbocycles. The van der Waals surface area contributed by atoms with Crippen molar-refractivity contribution in [2.24, 2.45) is 5.73 Å². The molecule has 0 unspecified atom stereocenters. The minimum Gasteiger partial charge on any atom is -0.493 e.